The highest BCUT2D eigenvalue weighted by Gasteiger charge is 2.29. The molecule has 0 bridgehead atoms. The number of carboxylic acid groups (broad SMARTS) is 1. The first kappa shape index (κ1) is 25.9. The second-order valence-electron chi connectivity index (χ2n) is 9.46. The molecule has 37 heavy (non-hydrogen) atoms. The van der Waals surface area contributed by atoms with Crippen LogP contribution in [-0.4, -0.2) is 37.5 Å². The highest BCUT2D eigenvalue weighted by atomic mass is 16.5. The third-order valence-corrected chi connectivity index (χ3v) is 5.98. The van der Waals surface area contributed by atoms with Crippen molar-refractivity contribution in [2.24, 2.45) is 0 Å². The number of hydrogen-bond acceptors (Lipinski definition) is 7. The van der Waals surface area contributed by atoms with Gasteiger partial charge < -0.3 is 28.5 Å². The lowest BCUT2D eigenvalue weighted by atomic mass is 9.97. The van der Waals surface area contributed by atoms with Crippen molar-refractivity contribution in [3.63, 3.8) is 0 Å². The number of carbonyl (C=O) groups is 1. The maximum Gasteiger partial charge on any atom is 0.328 e. The minimum absolute atomic E-state index is 0.0663. The predicted octanol–water partition coefficient (Wildman–Crippen LogP) is 5.68. The molecule has 0 unspecified atom stereocenters. The van der Waals surface area contributed by atoms with Crippen LogP contribution in [0.2, 0.25) is 0 Å². The first-order valence-electron chi connectivity index (χ1n) is 11.8. The van der Waals surface area contributed by atoms with E-state index in [0.29, 0.717) is 45.8 Å². The summed E-state index contributed by atoms with van der Waals surface area (Å²) in [6, 6.07) is 3.32. The van der Waals surface area contributed by atoms with Gasteiger partial charge in [-0.05, 0) is 52.3 Å². The Balaban J connectivity index is 2.09. The fraction of sp³-hybridized carbons (Fsp3) is 0.310. The van der Waals surface area contributed by atoms with Crippen LogP contribution in [0.25, 0.3) is 28.0 Å². The van der Waals surface area contributed by atoms with E-state index in [0.717, 1.165) is 11.6 Å². The summed E-state index contributed by atoms with van der Waals surface area (Å²) in [7, 11) is 3.06. The van der Waals surface area contributed by atoms with Crippen molar-refractivity contribution in [2.75, 3.05) is 20.8 Å². The lowest BCUT2D eigenvalue weighted by molar-refractivity contribution is -0.131. The minimum Gasteiger partial charge on any atom is -0.493 e. The normalized spacial score (nSPS) is 13.9. The van der Waals surface area contributed by atoms with Crippen molar-refractivity contribution in [3.05, 3.63) is 63.4 Å². The summed E-state index contributed by atoms with van der Waals surface area (Å²) in [5, 5.41) is 9.53. The molecule has 1 aromatic heterocycles. The zero-order chi connectivity index (χ0) is 26.9. The van der Waals surface area contributed by atoms with Crippen molar-refractivity contribution in [3.8, 4) is 23.0 Å². The van der Waals surface area contributed by atoms with Crippen molar-refractivity contribution in [2.45, 2.75) is 39.7 Å². The molecule has 0 aliphatic carbocycles. The van der Waals surface area contributed by atoms with Gasteiger partial charge >= 0.3 is 5.97 Å². The number of ether oxygens (including phenoxy) is 4. The lowest BCUT2D eigenvalue weighted by Gasteiger charge is -2.29. The van der Waals surface area contributed by atoms with Crippen molar-refractivity contribution in [1.82, 2.24) is 0 Å². The maximum atomic E-state index is 14.2. The summed E-state index contributed by atoms with van der Waals surface area (Å²) in [4.78, 5) is 25.1. The van der Waals surface area contributed by atoms with Gasteiger partial charge in [-0.25, -0.2) is 4.79 Å². The van der Waals surface area contributed by atoms with Crippen molar-refractivity contribution >= 4 is 34.0 Å². The van der Waals surface area contributed by atoms with Gasteiger partial charge in [-0.1, -0.05) is 11.6 Å². The summed E-state index contributed by atoms with van der Waals surface area (Å²) in [5.41, 5.74) is 2.04. The Morgan fingerprint density at radius 1 is 1.08 bits per heavy atom. The monoisotopic (exact) mass is 506 g/mol. The molecule has 1 aliphatic rings. The number of fused-ring (bicyclic) bond motifs is 3. The third kappa shape index (κ3) is 5.05. The van der Waals surface area contributed by atoms with Crippen LogP contribution in [0.1, 0.15) is 38.8 Å². The first-order chi connectivity index (χ1) is 17.6. The summed E-state index contributed by atoms with van der Waals surface area (Å²) in [6.45, 7) is 7.71. The van der Waals surface area contributed by atoms with Gasteiger partial charge in [0.15, 0.2) is 11.5 Å². The molecular weight excluding hydrogens is 476 g/mol. The van der Waals surface area contributed by atoms with E-state index in [4.69, 9.17) is 28.5 Å². The molecule has 2 aromatic carbocycles. The van der Waals surface area contributed by atoms with Crippen LogP contribution in [0.3, 0.4) is 0 Å². The van der Waals surface area contributed by atoms with E-state index < -0.39 is 11.6 Å². The predicted molar refractivity (Wildman–Crippen MR) is 142 cm³/mol. The zero-order valence-electron chi connectivity index (χ0n) is 21.8. The van der Waals surface area contributed by atoms with Crippen LogP contribution in [0.15, 0.2) is 51.2 Å². The molecule has 2 heterocycles. The molecule has 0 saturated heterocycles. The number of methoxy groups -OCH3 is 2. The molecule has 1 aliphatic heterocycles. The summed E-state index contributed by atoms with van der Waals surface area (Å²) in [6.07, 6.45) is 8.49. The van der Waals surface area contributed by atoms with Gasteiger partial charge in [0, 0.05) is 23.8 Å². The van der Waals surface area contributed by atoms with Crippen LogP contribution in [0.5, 0.6) is 23.0 Å². The molecule has 0 spiro atoms. The SMILES string of the molecule is COc1cc2oc3cc4c(c(OC/C=C/C(=O)O)c3c(=O)c2c(CC=C(C)C)c1OC)C=CC(C)(C)O4. The van der Waals surface area contributed by atoms with E-state index >= 15 is 0 Å². The fourth-order valence-corrected chi connectivity index (χ4v) is 4.31. The van der Waals surface area contributed by atoms with Gasteiger partial charge in [-0.2, -0.15) is 0 Å². The van der Waals surface area contributed by atoms with Crippen LogP contribution < -0.4 is 24.4 Å². The molecule has 8 heteroatoms. The van der Waals surface area contributed by atoms with Crippen molar-refractivity contribution < 1.29 is 33.3 Å². The van der Waals surface area contributed by atoms with E-state index in [-0.39, 0.29) is 28.8 Å². The molecule has 194 valence electrons. The van der Waals surface area contributed by atoms with Crippen LogP contribution in [0.4, 0.5) is 0 Å². The van der Waals surface area contributed by atoms with E-state index in [1.54, 1.807) is 12.1 Å². The standard InChI is InChI=1S/C29H30O8/c1-16(2)9-10-18-24-20(15-22(33-5)27(18)34-6)36-21-14-19-17(11-12-29(3,4)37-19)28(25(21)26(24)32)35-13-7-8-23(30)31/h7-9,11-12,14-15H,10,13H2,1-6H3,(H,30,31)/b8-7+. The van der Waals surface area contributed by atoms with E-state index in [1.165, 1.54) is 20.3 Å². The summed E-state index contributed by atoms with van der Waals surface area (Å²) >= 11 is 0. The number of carboxylic acids is 1. The second kappa shape index (κ2) is 10.0. The van der Waals surface area contributed by atoms with Crippen LogP contribution >= 0.6 is 0 Å². The topological polar surface area (TPSA) is 104 Å². The summed E-state index contributed by atoms with van der Waals surface area (Å²) < 4.78 is 29.6. The smallest absolute Gasteiger partial charge is 0.328 e. The van der Waals surface area contributed by atoms with Gasteiger partial charge in [-0.15, -0.1) is 0 Å². The Bertz CT molecular complexity index is 1530. The molecule has 0 fully saturated rings. The lowest BCUT2D eigenvalue weighted by Crippen LogP contribution is -2.27. The highest BCUT2D eigenvalue weighted by Crippen LogP contribution is 2.44. The third-order valence-electron chi connectivity index (χ3n) is 5.98. The van der Waals surface area contributed by atoms with E-state index in [1.807, 2.05) is 45.9 Å². The Hall–Kier alpha value is -4.20. The molecule has 8 nitrogen and oxygen atoms in total. The number of rotatable bonds is 8. The van der Waals surface area contributed by atoms with Crippen molar-refractivity contribution in [1.29, 1.82) is 0 Å². The number of aliphatic carboxylic acids is 1. The molecule has 3 aromatic rings. The van der Waals surface area contributed by atoms with Crippen LogP contribution in [-0.2, 0) is 11.2 Å². The Labute approximate surface area is 214 Å². The molecule has 0 atom stereocenters. The first-order valence-corrected chi connectivity index (χ1v) is 11.8. The number of benzene rings is 2. The Morgan fingerprint density at radius 3 is 2.46 bits per heavy atom. The Morgan fingerprint density at radius 2 is 1.81 bits per heavy atom. The average Bonchev–Trinajstić information content (AvgIpc) is 2.82. The van der Waals surface area contributed by atoms with Gasteiger partial charge in [0.2, 0.25) is 5.43 Å². The number of allylic oxidation sites excluding steroid dienone is 2. The molecule has 1 N–H and O–H groups in total. The molecule has 4 rings (SSSR count). The van der Waals surface area contributed by atoms with Gasteiger partial charge in [0.05, 0.1) is 25.2 Å². The zero-order valence-corrected chi connectivity index (χ0v) is 21.8. The van der Waals surface area contributed by atoms with Gasteiger partial charge in [0.25, 0.3) is 0 Å². The average molecular weight is 507 g/mol. The summed E-state index contributed by atoms with van der Waals surface area (Å²) in [5.74, 6) is 0.555. The second-order valence-corrected chi connectivity index (χ2v) is 9.46. The molecular formula is C29H30O8. The van der Waals surface area contributed by atoms with E-state index in [2.05, 4.69) is 0 Å². The molecule has 0 saturated carbocycles. The molecule has 0 amide bonds. The largest absolute Gasteiger partial charge is 0.493 e. The Kier molecular flexibility index (Phi) is 7.03. The fourth-order valence-electron chi connectivity index (χ4n) is 4.31. The number of hydrogen-bond donors (Lipinski definition) is 1. The van der Waals surface area contributed by atoms with Crippen LogP contribution in [0, 0.1) is 0 Å². The van der Waals surface area contributed by atoms with Gasteiger partial charge in [0.1, 0.15) is 40.3 Å². The minimum atomic E-state index is -1.09. The highest BCUT2D eigenvalue weighted by molar-refractivity contribution is 5.99. The quantitative estimate of drug-likeness (QED) is 0.237. The van der Waals surface area contributed by atoms with E-state index in [9.17, 15) is 9.59 Å². The van der Waals surface area contributed by atoms with Gasteiger partial charge in [-0.3, -0.25) is 4.79 Å². The maximum absolute atomic E-state index is 14.2. The molecule has 0 radical (unpaired) electrons.